The Kier molecular flexibility index (Phi) is 5.68. The Morgan fingerprint density at radius 3 is 2.66 bits per heavy atom. The Morgan fingerprint density at radius 2 is 1.97 bits per heavy atom. The van der Waals surface area contributed by atoms with Crippen molar-refractivity contribution in [3.05, 3.63) is 58.9 Å². The molecule has 5 N–H and O–H groups in total. The number of amidine groups is 1. The Hall–Kier alpha value is -2.65. The molecule has 1 saturated heterocycles. The summed E-state index contributed by atoms with van der Waals surface area (Å²) in [5.74, 6) is 5.97. The lowest BCUT2D eigenvalue weighted by Gasteiger charge is -2.25. The Morgan fingerprint density at radius 1 is 1.24 bits per heavy atom. The van der Waals surface area contributed by atoms with Crippen LogP contribution in [-0.2, 0) is 11.3 Å². The number of hydrazone groups is 1. The van der Waals surface area contributed by atoms with Crippen LogP contribution in [0.2, 0.25) is 5.02 Å². The molecule has 8 nitrogen and oxygen atoms in total. The van der Waals surface area contributed by atoms with Crippen molar-refractivity contribution >= 4 is 23.1 Å². The van der Waals surface area contributed by atoms with Crippen LogP contribution in [0.15, 0.2) is 47.7 Å². The summed E-state index contributed by atoms with van der Waals surface area (Å²) >= 11 is 6.09. The third-order valence-corrected chi connectivity index (χ3v) is 5.20. The van der Waals surface area contributed by atoms with Crippen molar-refractivity contribution in [3.8, 4) is 11.3 Å². The number of imidazole rings is 1. The van der Waals surface area contributed by atoms with E-state index in [0.717, 1.165) is 61.0 Å². The molecule has 1 aromatic carbocycles. The molecule has 0 saturated carbocycles. The maximum Gasteiger partial charge on any atom is 0.284 e. The Bertz CT molecular complexity index is 1020. The maximum atomic E-state index is 6.12. The van der Waals surface area contributed by atoms with Crippen molar-refractivity contribution in [2.75, 3.05) is 33.4 Å². The second kappa shape index (κ2) is 8.38. The molecule has 3 aromatic rings. The van der Waals surface area contributed by atoms with Crippen molar-refractivity contribution < 1.29 is 9.14 Å². The van der Waals surface area contributed by atoms with Gasteiger partial charge in [-0.3, -0.25) is 4.90 Å². The summed E-state index contributed by atoms with van der Waals surface area (Å²) in [6, 6.07) is 11.8. The van der Waals surface area contributed by atoms with E-state index >= 15 is 0 Å². The Balaban J connectivity index is 1.82. The molecule has 4 rings (SSSR count). The summed E-state index contributed by atoms with van der Waals surface area (Å²) in [5.41, 5.74) is 11.2. The first-order chi connectivity index (χ1) is 14.0. The second-order valence-corrected chi connectivity index (χ2v) is 7.51. The first-order valence-electron chi connectivity index (χ1n) is 9.46. The van der Waals surface area contributed by atoms with E-state index in [1.807, 2.05) is 42.6 Å². The number of nitrogens with two attached hydrogens (primary N) is 2. The number of aromatic nitrogens is 2. The van der Waals surface area contributed by atoms with Gasteiger partial charge in [-0.2, -0.15) is 4.40 Å². The van der Waals surface area contributed by atoms with Crippen LogP contribution in [0, 0.1) is 0 Å². The fourth-order valence-electron chi connectivity index (χ4n) is 3.51. The predicted octanol–water partition coefficient (Wildman–Crippen LogP) is 1.33. The van der Waals surface area contributed by atoms with Gasteiger partial charge in [-0.05, 0) is 30.3 Å². The molecular weight excluding hydrogens is 390 g/mol. The summed E-state index contributed by atoms with van der Waals surface area (Å²) in [6.45, 7) is 4.07. The zero-order valence-corrected chi connectivity index (χ0v) is 17.1. The molecule has 1 fully saturated rings. The Labute approximate surface area is 174 Å². The monoisotopic (exact) mass is 414 g/mol. The van der Waals surface area contributed by atoms with Gasteiger partial charge < -0.3 is 10.5 Å². The molecule has 2 aromatic heterocycles. The smallest absolute Gasteiger partial charge is 0.284 e. The number of aromatic amines is 1. The fourth-order valence-corrected chi connectivity index (χ4v) is 3.63. The number of hydrogen-bond acceptors (Lipinski definition) is 5. The number of rotatable bonds is 5. The summed E-state index contributed by atoms with van der Waals surface area (Å²) < 4.78 is 7.63. The molecule has 0 unspecified atom stereocenters. The topological polar surface area (TPSA) is 100 Å². The standard InChI is InChI=1S/C20H24ClN7O/c1-26(23)25-20(22)15-4-7-18-24-19(14-2-5-16(21)6-3-14)17(28(18)12-15)13-27-8-10-29-11-9-27/h2-7,12H,8-11,13,23H2,1H3,(H2,22,25)/p+1. The van der Waals surface area contributed by atoms with E-state index in [1.165, 1.54) is 5.12 Å². The lowest BCUT2D eigenvalue weighted by atomic mass is 10.1. The van der Waals surface area contributed by atoms with Crippen molar-refractivity contribution in [1.82, 2.24) is 15.0 Å². The number of nitrogens with zero attached hydrogens (tertiary/aromatic N) is 4. The molecule has 152 valence electrons. The number of ether oxygens (including phenoxy) is 1. The maximum absolute atomic E-state index is 6.12. The zero-order chi connectivity index (χ0) is 20.4. The van der Waals surface area contributed by atoms with Crippen LogP contribution < -0.4 is 16.0 Å². The molecule has 1 aliphatic rings. The van der Waals surface area contributed by atoms with Gasteiger partial charge >= 0.3 is 0 Å². The molecule has 0 bridgehead atoms. The molecule has 0 atom stereocenters. The van der Waals surface area contributed by atoms with Crippen LogP contribution in [0.25, 0.3) is 16.9 Å². The zero-order valence-electron chi connectivity index (χ0n) is 16.3. The number of halogens is 1. The molecule has 0 spiro atoms. The lowest BCUT2D eigenvalue weighted by molar-refractivity contribution is -0.521. The second-order valence-electron chi connectivity index (χ2n) is 7.07. The highest BCUT2D eigenvalue weighted by molar-refractivity contribution is 6.30. The highest BCUT2D eigenvalue weighted by Crippen LogP contribution is 2.24. The van der Waals surface area contributed by atoms with Crippen LogP contribution in [0.3, 0.4) is 0 Å². The first kappa shape index (κ1) is 19.7. The summed E-state index contributed by atoms with van der Waals surface area (Å²) in [5, 5.41) is 6.03. The SMILES string of the molecule is CN(N)/N=C(\N)c1ccc2[nH]c(-c3ccc(Cl)cc3)c(CN3CCOCC3)[n+]2c1. The van der Waals surface area contributed by atoms with E-state index in [-0.39, 0.29) is 0 Å². The van der Waals surface area contributed by atoms with Gasteiger partial charge in [0.25, 0.3) is 5.65 Å². The molecule has 9 heteroatoms. The van der Waals surface area contributed by atoms with Crippen LogP contribution in [0.1, 0.15) is 11.3 Å². The van der Waals surface area contributed by atoms with E-state index in [9.17, 15) is 0 Å². The third kappa shape index (κ3) is 4.35. The van der Waals surface area contributed by atoms with Gasteiger partial charge in [0.05, 0.1) is 25.3 Å². The molecular formula is C20H25ClN7O+. The van der Waals surface area contributed by atoms with Gasteiger partial charge in [0.15, 0.2) is 17.2 Å². The van der Waals surface area contributed by atoms with E-state index in [2.05, 4.69) is 19.4 Å². The first-order valence-corrected chi connectivity index (χ1v) is 9.84. The van der Waals surface area contributed by atoms with Gasteiger partial charge in [-0.25, -0.2) is 15.9 Å². The quantitative estimate of drug-likeness (QED) is 0.192. The summed E-state index contributed by atoms with van der Waals surface area (Å²) in [4.78, 5) is 5.93. The van der Waals surface area contributed by atoms with Gasteiger partial charge in [0.2, 0.25) is 0 Å². The number of H-pyrrole nitrogens is 1. The number of fused-ring (bicyclic) bond motifs is 1. The minimum atomic E-state index is 0.357. The fraction of sp³-hybridized carbons (Fsp3) is 0.300. The third-order valence-electron chi connectivity index (χ3n) is 4.95. The number of morpholine rings is 1. The van der Waals surface area contributed by atoms with Gasteiger partial charge in [0.1, 0.15) is 6.20 Å². The number of nitrogens with one attached hydrogen (secondary N) is 1. The predicted molar refractivity (Wildman–Crippen MR) is 113 cm³/mol. The molecule has 0 aliphatic carbocycles. The van der Waals surface area contributed by atoms with Gasteiger partial charge in [-0.15, -0.1) is 5.10 Å². The van der Waals surface area contributed by atoms with Crippen molar-refractivity contribution in [2.24, 2.45) is 16.7 Å². The van der Waals surface area contributed by atoms with Crippen LogP contribution in [0.5, 0.6) is 0 Å². The average Bonchev–Trinajstić information content (AvgIpc) is 3.06. The lowest BCUT2D eigenvalue weighted by Crippen LogP contribution is -2.39. The van der Waals surface area contributed by atoms with Crippen molar-refractivity contribution in [3.63, 3.8) is 0 Å². The minimum Gasteiger partial charge on any atom is -0.382 e. The number of benzene rings is 1. The van der Waals surface area contributed by atoms with E-state index in [4.69, 9.17) is 27.9 Å². The highest BCUT2D eigenvalue weighted by Gasteiger charge is 2.24. The van der Waals surface area contributed by atoms with E-state index in [0.29, 0.717) is 10.9 Å². The molecule has 0 radical (unpaired) electrons. The highest BCUT2D eigenvalue weighted by atomic mass is 35.5. The van der Waals surface area contributed by atoms with Crippen molar-refractivity contribution in [2.45, 2.75) is 6.54 Å². The average molecular weight is 415 g/mol. The normalized spacial score (nSPS) is 15.8. The molecule has 0 amide bonds. The van der Waals surface area contributed by atoms with E-state index < -0.39 is 0 Å². The molecule has 29 heavy (non-hydrogen) atoms. The number of hydrogen-bond donors (Lipinski definition) is 3. The molecule has 1 aliphatic heterocycles. The van der Waals surface area contributed by atoms with Crippen LogP contribution >= 0.6 is 11.6 Å². The summed E-state index contributed by atoms with van der Waals surface area (Å²) in [7, 11) is 1.64. The largest absolute Gasteiger partial charge is 0.382 e. The number of pyridine rings is 1. The van der Waals surface area contributed by atoms with Gasteiger partial charge in [-0.1, -0.05) is 11.6 Å². The molecule has 3 heterocycles. The summed E-state index contributed by atoms with van der Waals surface area (Å²) in [6.07, 6.45) is 1.99. The van der Waals surface area contributed by atoms with Crippen molar-refractivity contribution in [1.29, 1.82) is 0 Å². The van der Waals surface area contributed by atoms with Crippen LogP contribution in [-0.4, -0.2) is 54.2 Å². The minimum absolute atomic E-state index is 0.357. The van der Waals surface area contributed by atoms with E-state index in [1.54, 1.807) is 7.05 Å². The van der Waals surface area contributed by atoms with Gasteiger partial charge in [0, 0.05) is 36.8 Å². The van der Waals surface area contributed by atoms with Crippen LogP contribution in [0.4, 0.5) is 0 Å². The number of hydrazine groups is 1.